The van der Waals surface area contributed by atoms with Gasteiger partial charge in [-0.3, -0.25) is 0 Å². The minimum absolute atomic E-state index is 0.410. The third-order valence-electron chi connectivity index (χ3n) is 3.57. The minimum Gasteiger partial charge on any atom is -0.389 e. The largest absolute Gasteiger partial charge is 0.389 e. The van der Waals surface area contributed by atoms with Gasteiger partial charge in [0.25, 0.3) is 0 Å². The molecule has 15 heavy (non-hydrogen) atoms. The van der Waals surface area contributed by atoms with E-state index in [0.29, 0.717) is 5.92 Å². The minimum atomic E-state index is -0.501. The lowest BCUT2D eigenvalue weighted by molar-refractivity contribution is -0.0411. The molecule has 1 aliphatic rings. The summed E-state index contributed by atoms with van der Waals surface area (Å²) in [5.41, 5.74) is 0.562. The van der Waals surface area contributed by atoms with Crippen LogP contribution in [0.3, 0.4) is 0 Å². The van der Waals surface area contributed by atoms with Crippen molar-refractivity contribution in [2.75, 3.05) is 0 Å². The van der Waals surface area contributed by atoms with Crippen molar-refractivity contribution in [2.45, 2.75) is 51.6 Å². The summed E-state index contributed by atoms with van der Waals surface area (Å²) in [6, 6.07) is 0. The molecule has 1 heterocycles. The first kappa shape index (κ1) is 11.1. The van der Waals surface area contributed by atoms with E-state index in [1.807, 2.05) is 6.92 Å². The summed E-state index contributed by atoms with van der Waals surface area (Å²) < 4.78 is 0. The third kappa shape index (κ3) is 2.40. The first-order valence-electron chi connectivity index (χ1n) is 5.73. The van der Waals surface area contributed by atoms with Gasteiger partial charge in [-0.25, -0.2) is 4.98 Å². The average Bonchev–Trinajstić information content (AvgIpc) is 2.57. The van der Waals surface area contributed by atoms with Gasteiger partial charge in [-0.1, -0.05) is 19.8 Å². The Morgan fingerprint density at radius 3 is 3.00 bits per heavy atom. The van der Waals surface area contributed by atoms with Crippen molar-refractivity contribution >= 4 is 11.3 Å². The Labute approximate surface area is 95.4 Å². The zero-order valence-corrected chi connectivity index (χ0v) is 10.3. The monoisotopic (exact) mass is 225 g/mol. The predicted molar refractivity (Wildman–Crippen MR) is 63.1 cm³/mol. The van der Waals surface area contributed by atoms with Crippen LogP contribution in [-0.2, 0) is 6.42 Å². The Kier molecular flexibility index (Phi) is 3.12. The van der Waals surface area contributed by atoms with Gasteiger partial charge in [0, 0.05) is 11.8 Å². The van der Waals surface area contributed by atoms with Crippen molar-refractivity contribution in [3.05, 3.63) is 16.1 Å². The maximum atomic E-state index is 10.6. The van der Waals surface area contributed by atoms with Gasteiger partial charge >= 0.3 is 0 Å². The van der Waals surface area contributed by atoms with Crippen molar-refractivity contribution in [2.24, 2.45) is 5.92 Å². The summed E-state index contributed by atoms with van der Waals surface area (Å²) in [5, 5.41) is 13.7. The molecular formula is C12H19NOS. The molecule has 2 nitrogen and oxygen atoms in total. The highest BCUT2D eigenvalue weighted by Gasteiger charge is 2.36. The van der Waals surface area contributed by atoms with E-state index in [1.54, 1.807) is 11.3 Å². The normalized spacial score (nSPS) is 31.8. The number of aliphatic hydroxyl groups is 1. The van der Waals surface area contributed by atoms with Crippen molar-refractivity contribution in [3.8, 4) is 0 Å². The highest BCUT2D eigenvalue weighted by Crippen LogP contribution is 2.36. The van der Waals surface area contributed by atoms with E-state index in [1.165, 1.54) is 6.42 Å². The molecule has 3 heteroatoms. The fourth-order valence-corrected chi connectivity index (χ4v) is 3.07. The van der Waals surface area contributed by atoms with E-state index in [9.17, 15) is 5.11 Å². The number of hydrogen-bond donors (Lipinski definition) is 1. The number of nitrogens with zero attached hydrogens (tertiary/aromatic N) is 1. The van der Waals surface area contributed by atoms with Crippen LogP contribution in [0, 0.1) is 12.8 Å². The van der Waals surface area contributed by atoms with E-state index in [4.69, 9.17) is 0 Å². The summed E-state index contributed by atoms with van der Waals surface area (Å²) in [6.45, 7) is 4.18. The quantitative estimate of drug-likeness (QED) is 0.839. The molecule has 0 amide bonds. The van der Waals surface area contributed by atoms with E-state index < -0.39 is 5.60 Å². The fraction of sp³-hybridized carbons (Fsp3) is 0.750. The molecule has 0 aliphatic heterocycles. The van der Waals surface area contributed by atoms with Crippen LogP contribution in [0.5, 0.6) is 0 Å². The smallest absolute Gasteiger partial charge is 0.0897 e. The standard InChI is InChI=1S/C12H19NOS/c1-9-5-3-4-6-12(9,14)7-11-8-15-10(2)13-11/h8-9,14H,3-7H2,1-2H3. The maximum absolute atomic E-state index is 10.6. The molecule has 1 aliphatic carbocycles. The van der Waals surface area contributed by atoms with Crippen molar-refractivity contribution in [1.82, 2.24) is 4.98 Å². The number of rotatable bonds is 2. The molecule has 0 saturated heterocycles. The van der Waals surface area contributed by atoms with E-state index in [0.717, 1.165) is 36.4 Å². The maximum Gasteiger partial charge on any atom is 0.0897 e. The number of hydrogen-bond acceptors (Lipinski definition) is 3. The van der Waals surface area contributed by atoms with Crippen molar-refractivity contribution in [3.63, 3.8) is 0 Å². The molecule has 2 rings (SSSR count). The lowest BCUT2D eigenvalue weighted by atomic mass is 9.74. The molecule has 0 aromatic carbocycles. The van der Waals surface area contributed by atoms with Crippen LogP contribution < -0.4 is 0 Å². The van der Waals surface area contributed by atoms with Gasteiger partial charge in [0.05, 0.1) is 16.3 Å². The zero-order valence-electron chi connectivity index (χ0n) is 9.49. The number of aromatic nitrogens is 1. The first-order valence-corrected chi connectivity index (χ1v) is 6.61. The number of aryl methyl sites for hydroxylation is 1. The van der Waals surface area contributed by atoms with E-state index >= 15 is 0 Å². The van der Waals surface area contributed by atoms with Gasteiger partial charge < -0.3 is 5.11 Å². The Balaban J connectivity index is 2.08. The van der Waals surface area contributed by atoms with Crippen LogP contribution >= 0.6 is 11.3 Å². The van der Waals surface area contributed by atoms with E-state index in [-0.39, 0.29) is 0 Å². The molecule has 1 aromatic rings. The van der Waals surface area contributed by atoms with Gasteiger partial charge in [-0.15, -0.1) is 11.3 Å². The highest BCUT2D eigenvalue weighted by atomic mass is 32.1. The van der Waals surface area contributed by atoms with Crippen LogP contribution in [0.4, 0.5) is 0 Å². The van der Waals surface area contributed by atoms with Gasteiger partial charge in [0.15, 0.2) is 0 Å². The van der Waals surface area contributed by atoms with Gasteiger partial charge in [-0.05, 0) is 25.7 Å². The Morgan fingerprint density at radius 2 is 2.40 bits per heavy atom. The highest BCUT2D eigenvalue weighted by molar-refractivity contribution is 7.09. The molecule has 0 bridgehead atoms. The average molecular weight is 225 g/mol. The first-order chi connectivity index (χ1) is 7.10. The molecule has 2 unspecified atom stereocenters. The molecule has 84 valence electrons. The number of thiazole rings is 1. The van der Waals surface area contributed by atoms with Crippen LogP contribution in [0.2, 0.25) is 0 Å². The SMILES string of the molecule is Cc1nc(CC2(O)CCCCC2C)cs1. The van der Waals surface area contributed by atoms with Gasteiger partial charge in [0.1, 0.15) is 0 Å². The van der Waals surface area contributed by atoms with Crippen molar-refractivity contribution < 1.29 is 5.11 Å². The molecule has 0 spiro atoms. The van der Waals surface area contributed by atoms with Crippen LogP contribution in [-0.4, -0.2) is 15.7 Å². The second-order valence-corrected chi connectivity index (χ2v) is 5.85. The third-order valence-corrected chi connectivity index (χ3v) is 4.39. The molecule has 0 radical (unpaired) electrons. The lowest BCUT2D eigenvalue weighted by Crippen LogP contribution is -2.41. The summed E-state index contributed by atoms with van der Waals surface area (Å²) >= 11 is 1.67. The summed E-state index contributed by atoms with van der Waals surface area (Å²) in [4.78, 5) is 4.44. The molecule has 1 aromatic heterocycles. The Hall–Kier alpha value is -0.410. The molecular weight excluding hydrogens is 206 g/mol. The molecule has 1 fully saturated rings. The van der Waals surface area contributed by atoms with Gasteiger partial charge in [0.2, 0.25) is 0 Å². The second kappa shape index (κ2) is 4.22. The molecule has 1 N–H and O–H groups in total. The molecule has 1 saturated carbocycles. The Bertz CT molecular complexity index is 336. The lowest BCUT2D eigenvalue weighted by Gasteiger charge is -2.37. The molecule has 2 atom stereocenters. The summed E-state index contributed by atoms with van der Waals surface area (Å²) in [6.07, 6.45) is 5.24. The van der Waals surface area contributed by atoms with E-state index in [2.05, 4.69) is 17.3 Å². The second-order valence-electron chi connectivity index (χ2n) is 4.79. The summed E-state index contributed by atoms with van der Waals surface area (Å²) in [5.74, 6) is 0.410. The van der Waals surface area contributed by atoms with Crippen molar-refractivity contribution in [1.29, 1.82) is 0 Å². The van der Waals surface area contributed by atoms with Gasteiger partial charge in [-0.2, -0.15) is 0 Å². The van der Waals surface area contributed by atoms with Crippen LogP contribution in [0.25, 0.3) is 0 Å². The van der Waals surface area contributed by atoms with Crippen LogP contribution in [0.15, 0.2) is 5.38 Å². The van der Waals surface area contributed by atoms with Crippen LogP contribution in [0.1, 0.15) is 43.3 Å². The Morgan fingerprint density at radius 1 is 1.60 bits per heavy atom. The fourth-order valence-electron chi connectivity index (χ4n) is 2.46. The summed E-state index contributed by atoms with van der Waals surface area (Å²) in [7, 11) is 0. The zero-order chi connectivity index (χ0) is 10.9. The predicted octanol–water partition coefficient (Wildman–Crippen LogP) is 2.94. The topological polar surface area (TPSA) is 33.1 Å².